The molecule has 4 N–H and O–H groups in total. The quantitative estimate of drug-likeness (QED) is 0.164. The number of benzene rings is 3. The van der Waals surface area contributed by atoms with E-state index in [0.717, 1.165) is 13.8 Å². The van der Waals surface area contributed by atoms with E-state index in [0.29, 0.717) is 16.7 Å². The average Bonchev–Trinajstić information content (AvgIpc) is 3.25. The van der Waals surface area contributed by atoms with Crippen LogP contribution in [0.1, 0.15) is 97.8 Å². The third kappa shape index (κ3) is 7.05. The van der Waals surface area contributed by atoms with Crippen molar-refractivity contribution in [1.29, 1.82) is 0 Å². The number of aliphatic hydroxyl groups is 3. The molecule has 3 fully saturated rings. The summed E-state index contributed by atoms with van der Waals surface area (Å²) >= 11 is 0. The SMILES string of the molecule is CC(=O)O[C@H]1C(=O)[C@@]2(C)[C@H]([C@@H]3OC(=O)c4cccc(c4)/C=C\c4ccccc4[C@H](NC(=O)c4ccccc4)[C@@H](O)C(=O)OC4C[C@]3(O)C(C)(C)C1=C4C)[C@]1(OC(C)=O)CO[C@@H]1C[C@@H]2O. The highest BCUT2D eigenvalue weighted by atomic mass is 16.6. The number of aliphatic hydroxyl groups excluding tert-OH is 2. The standard InChI is InChI=1S/C49H51NO14/c1-25-33-23-49(59)42(40-47(6,34(53)22-35-48(40,24-60-35)64-27(3)52)41(55)39(61-26(2)51)36(25)46(49,4)5)63-44(57)31-17-12-13-28(21-31)19-20-29-14-10-11-18-32(29)37(38(54)45(58)62-33)50-43(56)30-15-8-7-9-16-30/h7-21,33-35,37-40,42,53-54,59H,22-24H2,1-6H3,(H,50,56)/b20-19-/t33?,34-,35+,37-,38+,39+,40-,42-,47+,48-,49+/m0/s1. The second-order valence-electron chi connectivity index (χ2n) is 18.2. The molecule has 8 rings (SSSR count). The molecule has 0 spiro atoms. The molecular weight excluding hydrogens is 827 g/mol. The van der Waals surface area contributed by atoms with Gasteiger partial charge in [0.15, 0.2) is 23.6 Å². The van der Waals surface area contributed by atoms with Gasteiger partial charge in [0.1, 0.15) is 23.9 Å². The van der Waals surface area contributed by atoms with Gasteiger partial charge in [-0.3, -0.25) is 19.2 Å². The summed E-state index contributed by atoms with van der Waals surface area (Å²) in [6, 6.07) is 19.9. The van der Waals surface area contributed by atoms with Crippen LogP contribution in [0, 0.1) is 16.7 Å². The van der Waals surface area contributed by atoms with Crippen LogP contribution in [0.2, 0.25) is 0 Å². The van der Waals surface area contributed by atoms with Crippen LogP contribution >= 0.6 is 0 Å². The normalized spacial score (nSPS) is 34.7. The Labute approximate surface area is 369 Å². The van der Waals surface area contributed by atoms with E-state index < -0.39 is 113 Å². The zero-order valence-corrected chi connectivity index (χ0v) is 36.2. The molecule has 11 atom stereocenters. The molecule has 1 amide bonds. The largest absolute Gasteiger partial charge is 0.456 e. The van der Waals surface area contributed by atoms with Crippen LogP contribution in [-0.2, 0) is 42.9 Å². The van der Waals surface area contributed by atoms with Gasteiger partial charge in [-0.2, -0.15) is 0 Å². The highest BCUT2D eigenvalue weighted by Crippen LogP contribution is 2.64. The molecule has 0 radical (unpaired) electrons. The van der Waals surface area contributed by atoms with Crippen molar-refractivity contribution in [3.8, 4) is 0 Å². The third-order valence-electron chi connectivity index (χ3n) is 14.2. The van der Waals surface area contributed by atoms with E-state index in [9.17, 15) is 39.3 Å². The Morgan fingerprint density at radius 2 is 1.56 bits per heavy atom. The predicted molar refractivity (Wildman–Crippen MR) is 227 cm³/mol. The maximum atomic E-state index is 15.6. The maximum Gasteiger partial charge on any atom is 0.338 e. The highest BCUT2D eigenvalue weighted by molar-refractivity contribution is 5.96. The Morgan fingerprint density at radius 1 is 0.859 bits per heavy atom. The number of Topliss-reactive ketones (excluding diaryl/α,β-unsaturated/α-hetero) is 1. The van der Waals surface area contributed by atoms with Crippen LogP contribution in [-0.4, -0.2) is 105 Å². The number of amides is 1. The van der Waals surface area contributed by atoms with Crippen molar-refractivity contribution in [2.75, 3.05) is 6.61 Å². The Balaban J connectivity index is 1.38. The minimum absolute atomic E-state index is 0.00132. The lowest BCUT2D eigenvalue weighted by Gasteiger charge is -2.67. The summed E-state index contributed by atoms with van der Waals surface area (Å²) < 4.78 is 30.6. The van der Waals surface area contributed by atoms with Gasteiger partial charge in [-0.25, -0.2) is 9.59 Å². The van der Waals surface area contributed by atoms with Gasteiger partial charge in [-0.1, -0.05) is 80.6 Å². The lowest BCUT2D eigenvalue weighted by molar-refractivity contribution is -0.346. The molecule has 64 heavy (non-hydrogen) atoms. The molecule has 1 saturated heterocycles. The smallest absolute Gasteiger partial charge is 0.338 e. The van der Waals surface area contributed by atoms with E-state index >= 15 is 4.79 Å². The molecule has 15 nitrogen and oxygen atoms in total. The summed E-state index contributed by atoms with van der Waals surface area (Å²) in [6.45, 7) is 8.01. The molecule has 5 bridgehead atoms. The molecule has 3 aromatic carbocycles. The van der Waals surface area contributed by atoms with Crippen molar-refractivity contribution in [3.05, 3.63) is 118 Å². The van der Waals surface area contributed by atoms with Crippen LogP contribution < -0.4 is 5.32 Å². The molecule has 2 heterocycles. The fourth-order valence-corrected chi connectivity index (χ4v) is 10.8. The lowest BCUT2D eigenvalue weighted by Crippen LogP contribution is -2.82. The molecule has 0 aromatic heterocycles. The summed E-state index contributed by atoms with van der Waals surface area (Å²) in [5, 5.41) is 40.8. The van der Waals surface area contributed by atoms with Crippen LogP contribution in [0.5, 0.6) is 0 Å². The van der Waals surface area contributed by atoms with Crippen LogP contribution in [0.3, 0.4) is 0 Å². The van der Waals surface area contributed by atoms with E-state index in [1.807, 2.05) is 0 Å². The second-order valence-corrected chi connectivity index (χ2v) is 18.2. The van der Waals surface area contributed by atoms with Gasteiger partial charge >= 0.3 is 23.9 Å². The van der Waals surface area contributed by atoms with E-state index in [2.05, 4.69) is 5.32 Å². The molecule has 3 aliphatic carbocycles. The van der Waals surface area contributed by atoms with Gasteiger partial charge in [-0.05, 0) is 65.9 Å². The van der Waals surface area contributed by atoms with Crippen molar-refractivity contribution >= 4 is 47.7 Å². The fraction of sp³-hybridized carbons (Fsp3) is 0.429. The number of hydrogen-bond donors (Lipinski definition) is 4. The number of nitrogens with one attached hydrogen (secondary N) is 1. The van der Waals surface area contributed by atoms with Gasteiger partial charge in [0.05, 0.1) is 35.6 Å². The van der Waals surface area contributed by atoms with Crippen LogP contribution in [0.4, 0.5) is 0 Å². The van der Waals surface area contributed by atoms with Crippen molar-refractivity contribution < 1.29 is 67.8 Å². The van der Waals surface area contributed by atoms with Gasteiger partial charge < -0.3 is 44.3 Å². The molecule has 336 valence electrons. The molecule has 2 saturated carbocycles. The Morgan fingerprint density at radius 3 is 2.23 bits per heavy atom. The zero-order chi connectivity index (χ0) is 46.1. The summed E-state index contributed by atoms with van der Waals surface area (Å²) in [5.74, 6) is -6.88. The van der Waals surface area contributed by atoms with Gasteiger partial charge in [-0.15, -0.1) is 0 Å². The van der Waals surface area contributed by atoms with Crippen LogP contribution in [0.25, 0.3) is 12.2 Å². The van der Waals surface area contributed by atoms with Crippen molar-refractivity contribution in [2.24, 2.45) is 16.7 Å². The van der Waals surface area contributed by atoms with E-state index in [1.54, 1.807) is 98.8 Å². The summed E-state index contributed by atoms with van der Waals surface area (Å²) in [7, 11) is 0. The van der Waals surface area contributed by atoms with Crippen molar-refractivity contribution in [1.82, 2.24) is 5.32 Å². The topological polar surface area (TPSA) is 221 Å². The Hall–Kier alpha value is -6.00. The Bertz CT molecular complexity index is 2500. The first-order valence-electron chi connectivity index (χ1n) is 21.2. The first-order chi connectivity index (χ1) is 30.2. The van der Waals surface area contributed by atoms with Crippen molar-refractivity contribution in [2.45, 2.75) is 108 Å². The minimum atomic E-state index is -2.40. The molecule has 1 unspecified atom stereocenters. The number of carbonyl (C=O) groups excluding carboxylic acids is 6. The third-order valence-corrected chi connectivity index (χ3v) is 14.2. The first-order valence-corrected chi connectivity index (χ1v) is 21.2. The van der Waals surface area contributed by atoms with E-state index in [1.165, 1.54) is 19.9 Å². The molecule has 5 aliphatic rings. The minimum Gasteiger partial charge on any atom is -0.456 e. The first kappa shape index (κ1) is 44.6. The molecule has 15 heteroatoms. The molecular formula is C49H51NO14. The van der Waals surface area contributed by atoms with Gasteiger partial charge in [0.25, 0.3) is 5.91 Å². The second kappa shape index (κ2) is 16.2. The van der Waals surface area contributed by atoms with E-state index in [4.69, 9.17) is 23.7 Å². The summed E-state index contributed by atoms with van der Waals surface area (Å²) in [4.78, 5) is 84.8. The molecule has 2 aliphatic heterocycles. The fourth-order valence-electron chi connectivity index (χ4n) is 10.8. The lowest BCUT2D eigenvalue weighted by atomic mass is 9.44. The number of fused-ring (bicyclic) bond motifs is 9. The number of hydrogen-bond acceptors (Lipinski definition) is 14. The van der Waals surface area contributed by atoms with Gasteiger partial charge in [0.2, 0.25) is 0 Å². The summed E-state index contributed by atoms with van der Waals surface area (Å²) in [5.41, 5.74) is -6.13. The maximum absolute atomic E-state index is 15.6. The van der Waals surface area contributed by atoms with Gasteiger partial charge in [0, 0.05) is 37.7 Å². The number of rotatable bonds is 4. The molecule has 3 aromatic rings. The predicted octanol–water partition coefficient (Wildman–Crippen LogP) is 4.22. The number of carbonyl (C=O) groups is 6. The number of ether oxygens (including phenoxy) is 5. The number of ketones is 1. The summed E-state index contributed by atoms with van der Waals surface area (Å²) in [6.07, 6.45) is -7.23. The van der Waals surface area contributed by atoms with Crippen molar-refractivity contribution in [3.63, 3.8) is 0 Å². The zero-order valence-electron chi connectivity index (χ0n) is 36.2. The monoisotopic (exact) mass is 877 g/mol. The number of esters is 4. The average molecular weight is 878 g/mol. The van der Waals surface area contributed by atoms with Crippen LogP contribution in [0.15, 0.2) is 90.0 Å². The Kier molecular flexibility index (Phi) is 11.3. The van der Waals surface area contributed by atoms with E-state index in [-0.39, 0.29) is 35.3 Å². The highest BCUT2D eigenvalue weighted by Gasteiger charge is 2.78.